The highest BCUT2D eigenvalue weighted by Gasteiger charge is 2.17. The number of nitrogens with zero attached hydrogens (tertiary/aromatic N) is 1. The van der Waals surface area contributed by atoms with E-state index >= 15 is 0 Å². The fourth-order valence-electron chi connectivity index (χ4n) is 2.35. The molecule has 0 aliphatic heterocycles. The van der Waals surface area contributed by atoms with E-state index in [1.54, 1.807) is 24.3 Å². The molecule has 0 spiro atoms. The number of pyridine rings is 1. The fourth-order valence-corrected chi connectivity index (χ4v) is 2.35. The van der Waals surface area contributed by atoms with Crippen LogP contribution >= 0.6 is 0 Å². The Morgan fingerprint density at radius 3 is 2.43 bits per heavy atom. The number of hydrogen-bond acceptors (Lipinski definition) is 2. The maximum Gasteiger partial charge on any atom is 0.416 e. The Balaban J connectivity index is 2.49. The first-order chi connectivity index (χ1) is 10.1. The molecule has 0 fully saturated rings. The molecule has 0 atom stereocenters. The quantitative estimate of drug-likeness (QED) is 0.745. The fraction of sp³-hybridized carbons (Fsp3) is 0. The molecule has 0 aliphatic carbocycles. The van der Waals surface area contributed by atoms with Crippen molar-refractivity contribution in [2.45, 2.75) is 0 Å². The van der Waals surface area contributed by atoms with Gasteiger partial charge >= 0.3 is 6.09 Å². The van der Waals surface area contributed by atoms with Gasteiger partial charge in [-0.15, -0.1) is 0 Å². The van der Waals surface area contributed by atoms with Crippen LogP contribution in [-0.4, -0.2) is 15.8 Å². The topological polar surface area (TPSA) is 59.3 Å². The highest BCUT2D eigenvalue weighted by Crippen LogP contribution is 2.24. The third-order valence-corrected chi connectivity index (χ3v) is 3.26. The third kappa shape index (κ3) is 2.08. The zero-order valence-corrected chi connectivity index (χ0v) is 10.8. The van der Waals surface area contributed by atoms with E-state index in [0.29, 0.717) is 0 Å². The van der Waals surface area contributed by atoms with Crippen molar-refractivity contribution in [3.8, 4) is 11.3 Å². The molecule has 5 heteroatoms. The summed E-state index contributed by atoms with van der Waals surface area (Å²) in [5.74, 6) is -0.581. The Labute approximate surface area is 118 Å². The molecular formula is C16H10FNO3. The molecule has 0 saturated carbocycles. The summed E-state index contributed by atoms with van der Waals surface area (Å²) < 4.78 is 14.9. The number of aromatic nitrogens is 1. The maximum atomic E-state index is 13.9. The summed E-state index contributed by atoms with van der Waals surface area (Å²) in [7, 11) is 0. The van der Waals surface area contributed by atoms with Gasteiger partial charge in [0.2, 0.25) is 0 Å². The smallest absolute Gasteiger partial charge is 0.416 e. The lowest BCUT2D eigenvalue weighted by atomic mass is 10.1. The van der Waals surface area contributed by atoms with Crippen LogP contribution in [0.4, 0.5) is 9.18 Å². The van der Waals surface area contributed by atoms with Gasteiger partial charge < -0.3 is 5.11 Å². The molecular weight excluding hydrogens is 273 g/mol. The van der Waals surface area contributed by atoms with Crippen LogP contribution in [-0.2, 0) is 0 Å². The van der Waals surface area contributed by atoms with E-state index in [-0.39, 0.29) is 27.6 Å². The largest absolute Gasteiger partial charge is 0.464 e. The minimum Gasteiger partial charge on any atom is -0.464 e. The lowest BCUT2D eigenvalue weighted by molar-refractivity contribution is 0.197. The molecule has 1 N–H and O–H groups in total. The predicted octanol–water partition coefficient (Wildman–Crippen LogP) is 3.33. The van der Waals surface area contributed by atoms with Crippen molar-refractivity contribution in [3.05, 3.63) is 70.6 Å². The zero-order chi connectivity index (χ0) is 15.0. The molecule has 1 heterocycles. The number of para-hydroxylation sites is 1. The van der Waals surface area contributed by atoms with Crippen molar-refractivity contribution in [1.82, 2.24) is 4.57 Å². The second kappa shape index (κ2) is 4.86. The molecule has 104 valence electrons. The van der Waals surface area contributed by atoms with E-state index in [9.17, 15) is 19.1 Å². The SMILES string of the molecule is O=C(O)n1c(-c2ccccc2F)cc(=O)c2ccccc21. The standard InChI is InChI=1S/C16H10FNO3/c17-12-7-3-1-5-10(12)14-9-15(19)11-6-2-4-8-13(11)18(14)16(20)21/h1-9H,(H,20,21). The van der Waals surface area contributed by atoms with Gasteiger partial charge in [0, 0.05) is 17.0 Å². The van der Waals surface area contributed by atoms with E-state index in [4.69, 9.17) is 0 Å². The molecule has 0 amide bonds. The molecule has 2 aromatic carbocycles. The summed E-state index contributed by atoms with van der Waals surface area (Å²) in [6.45, 7) is 0. The summed E-state index contributed by atoms with van der Waals surface area (Å²) in [6.07, 6.45) is -1.27. The van der Waals surface area contributed by atoms with E-state index in [1.807, 2.05) is 0 Å². The van der Waals surface area contributed by atoms with Gasteiger partial charge in [-0.3, -0.25) is 4.79 Å². The van der Waals surface area contributed by atoms with Crippen molar-refractivity contribution >= 4 is 17.0 Å². The molecule has 1 aromatic heterocycles. The summed E-state index contributed by atoms with van der Waals surface area (Å²) in [6, 6.07) is 13.3. The van der Waals surface area contributed by atoms with Crippen molar-refractivity contribution < 1.29 is 14.3 Å². The lowest BCUT2D eigenvalue weighted by Crippen LogP contribution is -2.17. The molecule has 3 aromatic rings. The first-order valence-corrected chi connectivity index (χ1v) is 6.22. The van der Waals surface area contributed by atoms with E-state index in [1.165, 1.54) is 24.3 Å². The van der Waals surface area contributed by atoms with E-state index < -0.39 is 11.9 Å². The minimum atomic E-state index is -1.27. The van der Waals surface area contributed by atoms with Crippen LogP contribution in [0, 0.1) is 5.82 Å². The number of carboxylic acid groups (broad SMARTS) is 1. The highest BCUT2D eigenvalue weighted by atomic mass is 19.1. The predicted molar refractivity (Wildman–Crippen MR) is 77.0 cm³/mol. The van der Waals surface area contributed by atoms with Crippen LogP contribution in [0.25, 0.3) is 22.2 Å². The van der Waals surface area contributed by atoms with Crippen LogP contribution in [0.2, 0.25) is 0 Å². The molecule has 0 saturated heterocycles. The molecule has 21 heavy (non-hydrogen) atoms. The van der Waals surface area contributed by atoms with Gasteiger partial charge in [0.15, 0.2) is 5.43 Å². The van der Waals surface area contributed by atoms with E-state index in [2.05, 4.69) is 0 Å². The van der Waals surface area contributed by atoms with Crippen LogP contribution in [0.15, 0.2) is 59.4 Å². The Bertz CT molecular complexity index is 915. The number of fused-ring (bicyclic) bond motifs is 1. The molecule has 0 unspecified atom stereocenters. The van der Waals surface area contributed by atoms with Crippen molar-refractivity contribution in [3.63, 3.8) is 0 Å². The van der Waals surface area contributed by atoms with Crippen molar-refractivity contribution in [1.29, 1.82) is 0 Å². The average Bonchev–Trinajstić information content (AvgIpc) is 2.47. The lowest BCUT2D eigenvalue weighted by Gasteiger charge is -2.13. The third-order valence-electron chi connectivity index (χ3n) is 3.26. The second-order valence-electron chi connectivity index (χ2n) is 4.51. The van der Waals surface area contributed by atoms with Crippen molar-refractivity contribution in [2.24, 2.45) is 0 Å². The van der Waals surface area contributed by atoms with Crippen LogP contribution < -0.4 is 5.43 Å². The molecule has 3 rings (SSSR count). The summed E-state index contributed by atoms with van der Waals surface area (Å²) >= 11 is 0. The number of carbonyl (C=O) groups is 1. The summed E-state index contributed by atoms with van der Waals surface area (Å²) in [4.78, 5) is 23.7. The highest BCUT2D eigenvalue weighted by molar-refractivity contribution is 5.91. The normalized spacial score (nSPS) is 10.7. The van der Waals surface area contributed by atoms with Gasteiger partial charge in [-0.1, -0.05) is 24.3 Å². The molecule has 0 bridgehead atoms. The van der Waals surface area contributed by atoms with Gasteiger partial charge in [0.05, 0.1) is 11.2 Å². The van der Waals surface area contributed by atoms with Gasteiger partial charge in [0.1, 0.15) is 5.82 Å². The molecule has 4 nitrogen and oxygen atoms in total. The second-order valence-corrected chi connectivity index (χ2v) is 4.51. The Kier molecular flexibility index (Phi) is 3.02. The number of rotatable bonds is 1. The average molecular weight is 283 g/mol. The van der Waals surface area contributed by atoms with Gasteiger partial charge in [-0.05, 0) is 24.3 Å². The number of halogens is 1. The Morgan fingerprint density at radius 1 is 1.05 bits per heavy atom. The maximum absolute atomic E-state index is 13.9. The first kappa shape index (κ1) is 13.1. The monoisotopic (exact) mass is 283 g/mol. The van der Waals surface area contributed by atoms with Crippen molar-refractivity contribution in [2.75, 3.05) is 0 Å². The summed E-state index contributed by atoms with van der Waals surface area (Å²) in [5.41, 5.74) is -0.0239. The van der Waals surface area contributed by atoms with Gasteiger partial charge in [0.25, 0.3) is 0 Å². The van der Waals surface area contributed by atoms with Crippen LogP contribution in [0.3, 0.4) is 0 Å². The number of benzene rings is 2. The van der Waals surface area contributed by atoms with Gasteiger partial charge in [-0.25, -0.2) is 13.8 Å². The van der Waals surface area contributed by atoms with E-state index in [0.717, 1.165) is 10.6 Å². The van der Waals surface area contributed by atoms with Crippen LogP contribution in [0.5, 0.6) is 0 Å². The Morgan fingerprint density at radius 2 is 1.71 bits per heavy atom. The molecule has 0 aliphatic rings. The zero-order valence-electron chi connectivity index (χ0n) is 10.8. The Hall–Kier alpha value is -2.95. The van der Waals surface area contributed by atoms with Crippen LogP contribution in [0.1, 0.15) is 0 Å². The minimum absolute atomic E-state index is 0.0179. The summed E-state index contributed by atoms with van der Waals surface area (Å²) in [5, 5.41) is 9.72. The first-order valence-electron chi connectivity index (χ1n) is 6.22. The van der Waals surface area contributed by atoms with Gasteiger partial charge in [-0.2, -0.15) is 0 Å². The number of hydrogen-bond donors (Lipinski definition) is 1. The molecule has 0 radical (unpaired) electrons.